The van der Waals surface area contributed by atoms with Crippen molar-refractivity contribution in [2.75, 3.05) is 10.3 Å². The van der Waals surface area contributed by atoms with Crippen LogP contribution in [0.15, 0.2) is 77.9 Å². The zero-order chi connectivity index (χ0) is 26.0. The second kappa shape index (κ2) is 9.80. The Morgan fingerprint density at radius 1 is 1.06 bits per heavy atom. The molecule has 36 heavy (non-hydrogen) atoms. The van der Waals surface area contributed by atoms with Gasteiger partial charge in [0.1, 0.15) is 5.75 Å². The third kappa shape index (κ3) is 5.22. The molecule has 4 rings (SSSR count). The molecule has 0 spiro atoms. The van der Waals surface area contributed by atoms with Gasteiger partial charge in [-0.15, -0.1) is 0 Å². The minimum absolute atomic E-state index is 0.0887. The van der Waals surface area contributed by atoms with Crippen molar-refractivity contribution >= 4 is 28.9 Å². The van der Waals surface area contributed by atoms with E-state index < -0.39 is 30.3 Å². The molecule has 1 atom stereocenters. The predicted octanol–water partition coefficient (Wildman–Crippen LogP) is 6.04. The Hall–Kier alpha value is -4.21. The van der Waals surface area contributed by atoms with Crippen LogP contribution in [0.4, 0.5) is 28.9 Å². The van der Waals surface area contributed by atoms with Crippen LogP contribution in [0, 0.1) is 5.92 Å². The van der Waals surface area contributed by atoms with Crippen LogP contribution >= 0.6 is 0 Å². The number of benzene rings is 3. The summed E-state index contributed by atoms with van der Waals surface area (Å²) in [7, 11) is 0. The van der Waals surface area contributed by atoms with Crippen molar-refractivity contribution in [3.05, 3.63) is 78.4 Å². The Kier molecular flexibility index (Phi) is 6.78. The summed E-state index contributed by atoms with van der Waals surface area (Å²) >= 11 is 0. The first kappa shape index (κ1) is 24.9. The van der Waals surface area contributed by atoms with Gasteiger partial charge in [0.15, 0.2) is 5.92 Å². The van der Waals surface area contributed by atoms with E-state index in [1.807, 2.05) is 0 Å². The lowest BCUT2D eigenvalue weighted by molar-refractivity contribution is -0.127. The summed E-state index contributed by atoms with van der Waals surface area (Å²) in [5.74, 6) is -5.90. The molecule has 0 fully saturated rings. The van der Waals surface area contributed by atoms with E-state index in [0.717, 1.165) is 18.0 Å². The van der Waals surface area contributed by atoms with E-state index in [9.17, 15) is 27.2 Å². The third-order valence-electron chi connectivity index (χ3n) is 5.54. The topological polar surface area (TPSA) is 71.0 Å². The van der Waals surface area contributed by atoms with Crippen LogP contribution in [-0.4, -0.2) is 24.1 Å². The number of nitrogens with zero attached hydrogens (tertiary/aromatic N) is 2. The molecule has 6 nitrogen and oxygen atoms in total. The molecule has 0 bridgehead atoms. The number of alkyl halides is 4. The van der Waals surface area contributed by atoms with Gasteiger partial charge >= 0.3 is 6.61 Å². The predicted molar refractivity (Wildman–Crippen MR) is 127 cm³/mol. The number of nitrogens with one attached hydrogen (secondary N) is 1. The first-order valence-corrected chi connectivity index (χ1v) is 10.9. The van der Waals surface area contributed by atoms with E-state index in [1.165, 1.54) is 43.3 Å². The summed E-state index contributed by atoms with van der Waals surface area (Å²) in [6.07, 6.45) is 0. The normalized spacial score (nSPS) is 15.8. The molecular formula is C26H21F4N3O3. The van der Waals surface area contributed by atoms with Crippen LogP contribution in [-0.2, 0) is 15.5 Å². The second-order valence-electron chi connectivity index (χ2n) is 8.21. The average molecular weight is 499 g/mol. The monoisotopic (exact) mass is 499 g/mol. The molecule has 1 aliphatic rings. The van der Waals surface area contributed by atoms with Gasteiger partial charge < -0.3 is 10.1 Å². The molecule has 0 radical (unpaired) electrons. The lowest BCUT2D eigenvalue weighted by atomic mass is 10.0. The van der Waals surface area contributed by atoms with Crippen molar-refractivity contribution in [3.8, 4) is 16.9 Å². The van der Waals surface area contributed by atoms with Crippen LogP contribution in [0.2, 0.25) is 0 Å². The summed E-state index contributed by atoms with van der Waals surface area (Å²) in [6, 6.07) is 17.9. The number of amides is 2. The minimum atomic E-state index is -3.10. The van der Waals surface area contributed by atoms with Crippen LogP contribution in [0.3, 0.4) is 0 Å². The summed E-state index contributed by atoms with van der Waals surface area (Å²) < 4.78 is 57.8. The quantitative estimate of drug-likeness (QED) is 0.318. The number of halogens is 4. The fourth-order valence-electron chi connectivity index (χ4n) is 3.83. The number of hydrogen-bond acceptors (Lipinski definition) is 4. The SMILES string of the molecule is CC1=NN(c2ccc(OC(F)F)c(-c3ccccc3)c2)C(=O)C1C(=O)Nc1cccc(C(C)(F)F)c1. The van der Waals surface area contributed by atoms with Gasteiger partial charge in [0.25, 0.3) is 11.8 Å². The Morgan fingerprint density at radius 3 is 2.44 bits per heavy atom. The van der Waals surface area contributed by atoms with Crippen molar-refractivity contribution in [3.63, 3.8) is 0 Å². The van der Waals surface area contributed by atoms with Gasteiger partial charge in [-0.05, 0) is 42.8 Å². The number of ether oxygens (including phenoxy) is 1. The Bertz CT molecular complexity index is 1320. The smallest absolute Gasteiger partial charge is 0.387 e. The highest BCUT2D eigenvalue weighted by atomic mass is 19.3. The average Bonchev–Trinajstić information content (AvgIpc) is 3.13. The van der Waals surface area contributed by atoms with Gasteiger partial charge in [-0.25, -0.2) is 8.78 Å². The lowest BCUT2D eigenvalue weighted by Crippen LogP contribution is -2.36. The molecule has 1 N–H and O–H groups in total. The first-order chi connectivity index (χ1) is 17.0. The molecule has 0 saturated heterocycles. The molecule has 2 amide bonds. The summed E-state index contributed by atoms with van der Waals surface area (Å²) in [5, 5.41) is 7.70. The van der Waals surface area contributed by atoms with Crippen molar-refractivity contribution < 1.29 is 31.9 Å². The van der Waals surface area contributed by atoms with Crippen LogP contribution < -0.4 is 15.1 Å². The summed E-state index contributed by atoms with van der Waals surface area (Å²) in [4.78, 5) is 26.1. The standard InChI is InChI=1S/C26H21F4N3O3/c1-15-22(23(34)31-18-10-6-9-17(13-18)26(2,29)30)24(35)33(32-15)19-11-12-21(36-25(27)28)20(14-19)16-7-4-3-5-8-16/h3-14,22,25H,1-2H3,(H,31,34). The minimum Gasteiger partial charge on any atom is -0.434 e. The van der Waals surface area contributed by atoms with E-state index in [-0.39, 0.29) is 28.4 Å². The van der Waals surface area contributed by atoms with Gasteiger partial charge in [-0.2, -0.15) is 18.9 Å². The fourth-order valence-corrected chi connectivity index (χ4v) is 3.83. The maximum Gasteiger partial charge on any atom is 0.387 e. The van der Waals surface area contributed by atoms with Crippen molar-refractivity contribution in [2.45, 2.75) is 26.4 Å². The number of rotatable bonds is 7. The third-order valence-corrected chi connectivity index (χ3v) is 5.54. The highest BCUT2D eigenvalue weighted by Gasteiger charge is 2.40. The lowest BCUT2D eigenvalue weighted by Gasteiger charge is -2.18. The van der Waals surface area contributed by atoms with E-state index in [2.05, 4.69) is 15.2 Å². The molecule has 0 aliphatic carbocycles. The maximum absolute atomic E-state index is 13.6. The highest BCUT2D eigenvalue weighted by Crippen LogP contribution is 2.36. The van der Waals surface area contributed by atoms with E-state index in [1.54, 1.807) is 30.3 Å². The molecule has 1 heterocycles. The van der Waals surface area contributed by atoms with Gasteiger partial charge in [-0.3, -0.25) is 9.59 Å². The van der Waals surface area contributed by atoms with E-state index >= 15 is 0 Å². The summed E-state index contributed by atoms with van der Waals surface area (Å²) in [5.41, 5.74) is 1.12. The van der Waals surface area contributed by atoms with Gasteiger partial charge in [0, 0.05) is 23.7 Å². The molecule has 10 heteroatoms. The molecule has 1 aliphatic heterocycles. The molecule has 3 aromatic carbocycles. The summed E-state index contributed by atoms with van der Waals surface area (Å²) in [6.45, 7) is -0.818. The van der Waals surface area contributed by atoms with Crippen molar-refractivity contribution in [1.82, 2.24) is 0 Å². The zero-order valence-electron chi connectivity index (χ0n) is 19.2. The fraction of sp³-hybridized carbons (Fsp3) is 0.192. The molecule has 0 saturated carbocycles. The molecule has 186 valence electrons. The first-order valence-electron chi connectivity index (χ1n) is 10.9. The molecule has 0 aromatic heterocycles. The Morgan fingerprint density at radius 2 is 1.78 bits per heavy atom. The molecule has 3 aromatic rings. The number of hydrazone groups is 1. The van der Waals surface area contributed by atoms with Gasteiger partial charge in [0.05, 0.1) is 11.4 Å². The van der Waals surface area contributed by atoms with Crippen LogP contribution in [0.5, 0.6) is 5.75 Å². The van der Waals surface area contributed by atoms with Gasteiger partial charge in [-0.1, -0.05) is 42.5 Å². The highest BCUT2D eigenvalue weighted by molar-refractivity contribution is 6.28. The van der Waals surface area contributed by atoms with Crippen molar-refractivity contribution in [2.24, 2.45) is 11.0 Å². The maximum atomic E-state index is 13.6. The number of carbonyl (C=O) groups is 2. The Labute approximate surface area is 204 Å². The van der Waals surface area contributed by atoms with E-state index in [4.69, 9.17) is 0 Å². The zero-order valence-corrected chi connectivity index (χ0v) is 19.2. The second-order valence-corrected chi connectivity index (χ2v) is 8.21. The molecule has 1 unspecified atom stereocenters. The molecular weight excluding hydrogens is 478 g/mol. The van der Waals surface area contributed by atoms with Crippen LogP contribution in [0.25, 0.3) is 11.1 Å². The van der Waals surface area contributed by atoms with Crippen molar-refractivity contribution in [1.29, 1.82) is 0 Å². The van der Waals surface area contributed by atoms with Gasteiger partial charge in [0.2, 0.25) is 5.91 Å². The Balaban J connectivity index is 1.60. The largest absolute Gasteiger partial charge is 0.434 e. The number of anilines is 2. The van der Waals surface area contributed by atoms with E-state index in [0.29, 0.717) is 11.1 Å². The number of carbonyl (C=O) groups excluding carboxylic acids is 2. The number of hydrogen-bond donors (Lipinski definition) is 1. The van der Waals surface area contributed by atoms with Crippen LogP contribution in [0.1, 0.15) is 19.4 Å².